The quantitative estimate of drug-likeness (QED) is 0.772. The summed E-state index contributed by atoms with van der Waals surface area (Å²) in [4.78, 5) is 18.6. The zero-order valence-corrected chi connectivity index (χ0v) is 14.1. The van der Waals surface area contributed by atoms with Gasteiger partial charge in [0.05, 0.1) is 16.7 Å². The third-order valence-corrected chi connectivity index (χ3v) is 3.98. The smallest absolute Gasteiger partial charge is 0.274 e. The number of aromatic amines is 1. The van der Waals surface area contributed by atoms with Gasteiger partial charge < -0.3 is 10.6 Å². The van der Waals surface area contributed by atoms with Crippen molar-refractivity contribution in [3.05, 3.63) is 59.5 Å². The maximum atomic E-state index is 12.6. The standard InChI is InChI=1S/C18H21N5O/c1-18(2,19)16-10-15(21-22-16)17(24)23(3)11-12-8-9-20-14-7-5-4-6-13(12)14/h4-10H,11,19H2,1-3H3,(H,21,22). The molecular formula is C18H21N5O. The normalized spacial score (nSPS) is 11.7. The van der Waals surface area contributed by atoms with Crippen molar-refractivity contribution in [2.45, 2.75) is 25.9 Å². The van der Waals surface area contributed by atoms with Crippen molar-refractivity contribution >= 4 is 16.8 Å². The summed E-state index contributed by atoms with van der Waals surface area (Å²) < 4.78 is 0. The first-order valence-corrected chi connectivity index (χ1v) is 7.79. The molecule has 0 aliphatic carbocycles. The predicted molar refractivity (Wildman–Crippen MR) is 93.3 cm³/mol. The fourth-order valence-corrected chi connectivity index (χ4v) is 2.58. The molecule has 3 aromatic rings. The summed E-state index contributed by atoms with van der Waals surface area (Å²) >= 11 is 0. The topological polar surface area (TPSA) is 87.9 Å². The molecule has 24 heavy (non-hydrogen) atoms. The summed E-state index contributed by atoms with van der Waals surface area (Å²) in [5, 5.41) is 7.99. The van der Waals surface area contributed by atoms with E-state index in [2.05, 4.69) is 15.2 Å². The number of benzene rings is 1. The Morgan fingerprint density at radius 3 is 2.75 bits per heavy atom. The maximum absolute atomic E-state index is 12.6. The molecule has 0 spiro atoms. The second-order valence-electron chi connectivity index (χ2n) is 6.54. The molecule has 124 valence electrons. The van der Waals surface area contributed by atoms with Crippen LogP contribution in [0.3, 0.4) is 0 Å². The molecule has 1 aromatic carbocycles. The number of carbonyl (C=O) groups excluding carboxylic acids is 1. The Hall–Kier alpha value is -2.73. The lowest BCUT2D eigenvalue weighted by molar-refractivity contribution is 0.0780. The number of rotatable bonds is 4. The number of amides is 1. The molecule has 0 atom stereocenters. The van der Waals surface area contributed by atoms with Crippen LogP contribution in [0.1, 0.15) is 35.6 Å². The van der Waals surface area contributed by atoms with Gasteiger partial charge in [-0.2, -0.15) is 5.10 Å². The number of hydrogen-bond acceptors (Lipinski definition) is 4. The van der Waals surface area contributed by atoms with Crippen LogP contribution < -0.4 is 5.73 Å². The Bertz CT molecular complexity index is 873. The molecule has 0 aliphatic heterocycles. The Morgan fingerprint density at radius 2 is 2.04 bits per heavy atom. The summed E-state index contributed by atoms with van der Waals surface area (Å²) in [6, 6.07) is 11.5. The lowest BCUT2D eigenvalue weighted by atomic mass is 10.0. The van der Waals surface area contributed by atoms with Gasteiger partial charge in [-0.05, 0) is 37.6 Å². The minimum absolute atomic E-state index is 0.150. The highest BCUT2D eigenvalue weighted by Gasteiger charge is 2.21. The van der Waals surface area contributed by atoms with Gasteiger partial charge in [-0.15, -0.1) is 0 Å². The number of pyridine rings is 1. The van der Waals surface area contributed by atoms with Crippen molar-refractivity contribution in [1.82, 2.24) is 20.1 Å². The number of nitrogens with zero attached hydrogens (tertiary/aromatic N) is 3. The van der Waals surface area contributed by atoms with Gasteiger partial charge >= 0.3 is 0 Å². The Morgan fingerprint density at radius 1 is 1.29 bits per heavy atom. The largest absolute Gasteiger partial charge is 0.336 e. The van der Waals surface area contributed by atoms with Crippen molar-refractivity contribution in [2.75, 3.05) is 7.05 Å². The van der Waals surface area contributed by atoms with Gasteiger partial charge in [0.1, 0.15) is 5.69 Å². The number of nitrogens with one attached hydrogen (secondary N) is 1. The molecule has 0 aliphatic rings. The Balaban J connectivity index is 1.82. The molecule has 3 N–H and O–H groups in total. The van der Waals surface area contributed by atoms with Crippen molar-refractivity contribution in [1.29, 1.82) is 0 Å². The van der Waals surface area contributed by atoms with Gasteiger partial charge in [-0.25, -0.2) is 0 Å². The number of nitrogens with two attached hydrogens (primary N) is 1. The van der Waals surface area contributed by atoms with Crippen LogP contribution in [-0.4, -0.2) is 33.0 Å². The third kappa shape index (κ3) is 3.14. The van der Waals surface area contributed by atoms with Gasteiger partial charge in [-0.3, -0.25) is 14.9 Å². The molecule has 6 heteroatoms. The molecule has 2 aromatic heterocycles. The average Bonchev–Trinajstić information content (AvgIpc) is 3.04. The van der Waals surface area contributed by atoms with Crippen LogP contribution in [0.2, 0.25) is 0 Å². The van der Waals surface area contributed by atoms with Crippen molar-refractivity contribution in [3.8, 4) is 0 Å². The minimum atomic E-state index is -0.564. The van der Waals surface area contributed by atoms with Crippen LogP contribution in [0.15, 0.2) is 42.6 Å². The number of carbonyl (C=O) groups is 1. The summed E-state index contributed by atoms with van der Waals surface area (Å²) in [5.41, 5.74) is 8.53. The van der Waals surface area contributed by atoms with E-state index in [4.69, 9.17) is 5.73 Å². The Labute approximate surface area is 140 Å². The van der Waals surface area contributed by atoms with Crippen LogP contribution in [0, 0.1) is 0 Å². The first kappa shape index (κ1) is 16.1. The number of hydrogen-bond donors (Lipinski definition) is 2. The summed E-state index contributed by atoms with van der Waals surface area (Å²) in [6.45, 7) is 4.21. The van der Waals surface area contributed by atoms with E-state index in [0.29, 0.717) is 12.2 Å². The van der Waals surface area contributed by atoms with Gasteiger partial charge in [0.2, 0.25) is 0 Å². The van der Waals surface area contributed by atoms with Crippen LogP contribution >= 0.6 is 0 Å². The van der Waals surface area contributed by atoms with E-state index >= 15 is 0 Å². The SMILES string of the molecule is CN(Cc1ccnc2ccccc12)C(=O)c1cc(C(C)(C)N)[nH]n1. The number of para-hydroxylation sites is 1. The van der Waals surface area contributed by atoms with E-state index in [9.17, 15) is 4.79 Å². The molecule has 1 amide bonds. The van der Waals surface area contributed by atoms with E-state index in [1.54, 1.807) is 24.2 Å². The third-order valence-electron chi connectivity index (χ3n) is 3.98. The zero-order chi connectivity index (χ0) is 17.3. The van der Waals surface area contributed by atoms with Gasteiger partial charge in [0.15, 0.2) is 0 Å². The highest BCUT2D eigenvalue weighted by atomic mass is 16.2. The van der Waals surface area contributed by atoms with Crippen molar-refractivity contribution in [2.24, 2.45) is 5.73 Å². The number of H-pyrrole nitrogens is 1. The molecule has 0 unspecified atom stereocenters. The van der Waals surface area contributed by atoms with Gasteiger partial charge in [0.25, 0.3) is 5.91 Å². The maximum Gasteiger partial charge on any atom is 0.274 e. The monoisotopic (exact) mass is 323 g/mol. The first-order valence-electron chi connectivity index (χ1n) is 7.79. The fraction of sp³-hybridized carbons (Fsp3) is 0.278. The molecule has 0 saturated heterocycles. The van der Waals surface area contributed by atoms with Crippen LogP contribution in [0.25, 0.3) is 10.9 Å². The molecule has 0 bridgehead atoms. The van der Waals surface area contributed by atoms with Crippen LogP contribution in [-0.2, 0) is 12.1 Å². The number of fused-ring (bicyclic) bond motifs is 1. The molecule has 0 saturated carbocycles. The first-order chi connectivity index (χ1) is 11.4. The van der Waals surface area contributed by atoms with Crippen LogP contribution in [0.5, 0.6) is 0 Å². The van der Waals surface area contributed by atoms with Crippen LogP contribution in [0.4, 0.5) is 0 Å². The highest BCUT2D eigenvalue weighted by molar-refractivity contribution is 5.92. The van der Waals surface area contributed by atoms with E-state index in [1.165, 1.54) is 0 Å². The van der Waals surface area contributed by atoms with Gasteiger partial charge in [-0.1, -0.05) is 18.2 Å². The lowest BCUT2D eigenvalue weighted by Crippen LogP contribution is -2.29. The summed E-state index contributed by atoms with van der Waals surface area (Å²) in [6.07, 6.45) is 1.76. The van der Waals surface area contributed by atoms with Crippen molar-refractivity contribution < 1.29 is 4.79 Å². The van der Waals surface area contributed by atoms with E-state index in [1.807, 2.05) is 44.2 Å². The van der Waals surface area contributed by atoms with E-state index < -0.39 is 5.54 Å². The Kier molecular flexibility index (Phi) is 4.07. The molecule has 6 nitrogen and oxygen atoms in total. The minimum Gasteiger partial charge on any atom is -0.336 e. The van der Waals surface area contributed by atoms with E-state index in [-0.39, 0.29) is 5.91 Å². The molecule has 3 rings (SSSR count). The van der Waals surface area contributed by atoms with Gasteiger partial charge in [0, 0.05) is 25.2 Å². The predicted octanol–water partition coefficient (Wildman–Crippen LogP) is 2.42. The number of aromatic nitrogens is 3. The highest BCUT2D eigenvalue weighted by Crippen LogP contribution is 2.19. The van der Waals surface area contributed by atoms with E-state index in [0.717, 1.165) is 22.2 Å². The summed E-state index contributed by atoms with van der Waals surface area (Å²) in [5.74, 6) is -0.150. The average molecular weight is 323 g/mol. The fourth-order valence-electron chi connectivity index (χ4n) is 2.58. The molecule has 0 fully saturated rings. The zero-order valence-electron chi connectivity index (χ0n) is 14.1. The van der Waals surface area contributed by atoms with Crippen molar-refractivity contribution in [3.63, 3.8) is 0 Å². The summed E-state index contributed by atoms with van der Waals surface area (Å²) in [7, 11) is 1.76. The second kappa shape index (κ2) is 6.05. The second-order valence-corrected chi connectivity index (χ2v) is 6.54. The lowest BCUT2D eigenvalue weighted by Gasteiger charge is -2.17. The molecule has 0 radical (unpaired) electrons. The molecular weight excluding hydrogens is 302 g/mol. The molecule has 2 heterocycles.